The summed E-state index contributed by atoms with van der Waals surface area (Å²) in [7, 11) is 0. The Hall–Kier alpha value is -3.92. The molecule has 1 amide bonds. The van der Waals surface area contributed by atoms with Gasteiger partial charge in [-0.15, -0.1) is 0 Å². The molecule has 0 saturated heterocycles. The number of hydrazone groups is 1. The number of aryl methyl sites for hydroxylation is 3. The average molecular weight is 408 g/mol. The Morgan fingerprint density at radius 2 is 1.42 bits per heavy atom. The van der Waals surface area contributed by atoms with E-state index in [9.17, 15) is 4.79 Å². The molecule has 0 aliphatic rings. The molecule has 1 heterocycles. The molecule has 3 aromatic carbocycles. The zero-order valence-corrected chi connectivity index (χ0v) is 17.9. The lowest BCUT2D eigenvalue weighted by molar-refractivity contribution is 0.0951. The van der Waals surface area contributed by atoms with Crippen molar-refractivity contribution in [2.75, 3.05) is 0 Å². The molecule has 0 fully saturated rings. The van der Waals surface area contributed by atoms with Gasteiger partial charge >= 0.3 is 0 Å². The number of aromatic amines is 1. The smallest absolute Gasteiger partial charge is 0.288 e. The van der Waals surface area contributed by atoms with Gasteiger partial charge in [-0.25, -0.2) is 5.43 Å². The Labute approximate surface area is 182 Å². The fourth-order valence-electron chi connectivity index (χ4n) is 3.86. The van der Waals surface area contributed by atoms with Crippen molar-refractivity contribution >= 4 is 12.1 Å². The summed E-state index contributed by atoms with van der Waals surface area (Å²) in [6.07, 6.45) is 1.71. The van der Waals surface area contributed by atoms with Crippen LogP contribution < -0.4 is 5.43 Å². The highest BCUT2D eigenvalue weighted by Gasteiger charge is 2.17. The molecule has 4 rings (SSSR count). The Bertz CT molecular complexity index is 1220. The van der Waals surface area contributed by atoms with Crippen molar-refractivity contribution in [1.82, 2.24) is 10.4 Å². The molecule has 0 spiro atoms. The van der Waals surface area contributed by atoms with Crippen molar-refractivity contribution in [3.63, 3.8) is 0 Å². The summed E-state index contributed by atoms with van der Waals surface area (Å²) >= 11 is 0. The van der Waals surface area contributed by atoms with E-state index in [1.165, 1.54) is 5.56 Å². The van der Waals surface area contributed by atoms with E-state index in [0.717, 1.165) is 39.1 Å². The van der Waals surface area contributed by atoms with E-state index in [0.29, 0.717) is 5.69 Å². The van der Waals surface area contributed by atoms with Gasteiger partial charge in [0.05, 0.1) is 6.21 Å². The highest BCUT2D eigenvalue weighted by atomic mass is 16.2. The zero-order valence-electron chi connectivity index (χ0n) is 17.9. The lowest BCUT2D eigenvalue weighted by Crippen LogP contribution is -2.19. The van der Waals surface area contributed by atoms with Crippen molar-refractivity contribution < 1.29 is 4.79 Å². The number of nitrogens with zero attached hydrogens (tertiary/aromatic N) is 1. The topological polar surface area (TPSA) is 57.2 Å². The number of carbonyl (C=O) groups excluding carboxylic acids is 1. The fourth-order valence-corrected chi connectivity index (χ4v) is 3.86. The van der Waals surface area contributed by atoms with Gasteiger partial charge in [-0.1, -0.05) is 78.4 Å². The number of nitrogens with one attached hydrogen (secondary N) is 2. The van der Waals surface area contributed by atoms with E-state index in [4.69, 9.17) is 0 Å². The Balaban J connectivity index is 1.65. The standard InChI is InChI=1S/C27H25N3O/c1-18-14-19(2)24(20(3)15-18)17-28-30-27(31)26-23(21-10-6-4-7-11-21)16-25(29-26)22-12-8-5-9-13-22/h4-17,29H,1-3H3,(H,30,31)/b28-17-. The maximum Gasteiger partial charge on any atom is 0.288 e. The molecule has 1 aromatic heterocycles. The first kappa shape index (κ1) is 20.4. The number of hydrogen-bond acceptors (Lipinski definition) is 2. The molecule has 0 bridgehead atoms. The predicted molar refractivity (Wildman–Crippen MR) is 127 cm³/mol. The zero-order chi connectivity index (χ0) is 21.8. The van der Waals surface area contributed by atoms with Crippen LogP contribution in [-0.2, 0) is 0 Å². The molecule has 2 N–H and O–H groups in total. The third kappa shape index (κ3) is 4.48. The molecule has 0 aliphatic carbocycles. The van der Waals surface area contributed by atoms with Gasteiger partial charge in [0.15, 0.2) is 0 Å². The van der Waals surface area contributed by atoms with Crippen molar-refractivity contribution in [2.24, 2.45) is 5.10 Å². The van der Waals surface area contributed by atoms with Crippen molar-refractivity contribution in [1.29, 1.82) is 0 Å². The molecule has 4 aromatic rings. The second kappa shape index (κ2) is 8.84. The highest BCUT2D eigenvalue weighted by molar-refractivity contribution is 6.01. The van der Waals surface area contributed by atoms with Crippen LogP contribution in [0.3, 0.4) is 0 Å². The molecule has 0 atom stereocenters. The van der Waals surface area contributed by atoms with Crippen LogP contribution in [0.4, 0.5) is 0 Å². The summed E-state index contributed by atoms with van der Waals surface area (Å²) in [5.74, 6) is -0.278. The summed E-state index contributed by atoms with van der Waals surface area (Å²) in [5, 5.41) is 4.24. The largest absolute Gasteiger partial charge is 0.350 e. The van der Waals surface area contributed by atoms with Gasteiger partial charge < -0.3 is 4.98 Å². The fraction of sp³-hybridized carbons (Fsp3) is 0.111. The lowest BCUT2D eigenvalue weighted by Gasteiger charge is -2.07. The molecule has 0 radical (unpaired) electrons. The summed E-state index contributed by atoms with van der Waals surface area (Å²) in [4.78, 5) is 16.3. The Morgan fingerprint density at radius 3 is 2.03 bits per heavy atom. The second-order valence-electron chi connectivity index (χ2n) is 7.72. The van der Waals surface area contributed by atoms with E-state index in [2.05, 4.69) is 34.6 Å². The molecule has 31 heavy (non-hydrogen) atoms. The normalized spacial score (nSPS) is 11.1. The minimum atomic E-state index is -0.278. The number of benzene rings is 3. The van der Waals surface area contributed by atoms with Crippen LogP contribution in [0.1, 0.15) is 32.7 Å². The summed E-state index contributed by atoms with van der Waals surface area (Å²) in [6.45, 7) is 6.17. The first-order chi connectivity index (χ1) is 15.0. The van der Waals surface area contributed by atoms with Crippen molar-refractivity contribution in [3.8, 4) is 22.4 Å². The monoisotopic (exact) mass is 407 g/mol. The van der Waals surface area contributed by atoms with Crippen LogP contribution in [0.15, 0.2) is 84.0 Å². The van der Waals surface area contributed by atoms with E-state index < -0.39 is 0 Å². The quantitative estimate of drug-likeness (QED) is 0.308. The number of carbonyl (C=O) groups is 1. The van der Waals surface area contributed by atoms with Crippen molar-refractivity contribution in [2.45, 2.75) is 20.8 Å². The molecule has 154 valence electrons. The molecular weight excluding hydrogens is 382 g/mol. The number of amides is 1. The first-order valence-electron chi connectivity index (χ1n) is 10.3. The number of H-pyrrole nitrogens is 1. The van der Waals surface area contributed by atoms with Gasteiger partial charge in [0.25, 0.3) is 5.91 Å². The van der Waals surface area contributed by atoms with E-state index in [1.54, 1.807) is 6.21 Å². The molecule has 0 saturated carbocycles. The summed E-state index contributed by atoms with van der Waals surface area (Å²) in [5.41, 5.74) is 11.4. The molecule has 0 unspecified atom stereocenters. The minimum absolute atomic E-state index is 0.278. The van der Waals surface area contributed by atoms with E-state index in [1.807, 2.05) is 80.6 Å². The van der Waals surface area contributed by atoms with Gasteiger partial charge in [0, 0.05) is 16.8 Å². The number of rotatable bonds is 5. The number of hydrogen-bond donors (Lipinski definition) is 2. The van der Waals surface area contributed by atoms with Gasteiger partial charge in [-0.2, -0.15) is 5.10 Å². The van der Waals surface area contributed by atoms with Gasteiger partial charge in [0.2, 0.25) is 0 Å². The Kier molecular flexibility index (Phi) is 5.80. The van der Waals surface area contributed by atoms with Crippen LogP contribution in [0.25, 0.3) is 22.4 Å². The third-order valence-corrected chi connectivity index (χ3v) is 5.31. The van der Waals surface area contributed by atoms with Crippen LogP contribution in [0.5, 0.6) is 0 Å². The van der Waals surface area contributed by atoms with Gasteiger partial charge in [-0.05, 0) is 49.1 Å². The highest BCUT2D eigenvalue weighted by Crippen LogP contribution is 2.29. The third-order valence-electron chi connectivity index (χ3n) is 5.31. The molecule has 0 aliphatic heterocycles. The van der Waals surface area contributed by atoms with Crippen LogP contribution in [0.2, 0.25) is 0 Å². The van der Waals surface area contributed by atoms with E-state index in [-0.39, 0.29) is 5.91 Å². The molecule has 4 heteroatoms. The first-order valence-corrected chi connectivity index (χ1v) is 10.3. The Morgan fingerprint density at radius 1 is 0.839 bits per heavy atom. The van der Waals surface area contributed by atoms with Gasteiger partial charge in [-0.3, -0.25) is 4.79 Å². The van der Waals surface area contributed by atoms with Crippen LogP contribution in [0, 0.1) is 20.8 Å². The SMILES string of the molecule is Cc1cc(C)c(/C=N\NC(=O)c2[nH]c(-c3ccccc3)cc2-c2ccccc2)c(C)c1. The maximum absolute atomic E-state index is 13.0. The van der Waals surface area contributed by atoms with Crippen LogP contribution >= 0.6 is 0 Å². The second-order valence-corrected chi connectivity index (χ2v) is 7.72. The van der Waals surface area contributed by atoms with Crippen molar-refractivity contribution in [3.05, 3.63) is 107 Å². The van der Waals surface area contributed by atoms with Crippen LogP contribution in [-0.4, -0.2) is 17.1 Å². The average Bonchev–Trinajstić information content (AvgIpc) is 3.22. The summed E-state index contributed by atoms with van der Waals surface area (Å²) in [6, 6.07) is 26.1. The minimum Gasteiger partial charge on any atom is -0.350 e. The number of aromatic nitrogens is 1. The maximum atomic E-state index is 13.0. The molecular formula is C27H25N3O. The molecule has 4 nitrogen and oxygen atoms in total. The van der Waals surface area contributed by atoms with Gasteiger partial charge in [0.1, 0.15) is 5.69 Å². The lowest BCUT2D eigenvalue weighted by atomic mass is 10.0. The van der Waals surface area contributed by atoms with E-state index >= 15 is 0 Å². The predicted octanol–water partition coefficient (Wildman–Crippen LogP) is 6.04. The summed E-state index contributed by atoms with van der Waals surface area (Å²) < 4.78 is 0.